The summed E-state index contributed by atoms with van der Waals surface area (Å²) in [5.74, 6) is -2.10. The molecule has 0 spiro atoms. The Morgan fingerprint density at radius 2 is 1.62 bits per heavy atom. The van der Waals surface area contributed by atoms with Crippen LogP contribution in [-0.4, -0.2) is 54.0 Å². The van der Waals surface area contributed by atoms with Crippen LogP contribution in [0.4, 0.5) is 5.69 Å². The highest BCUT2D eigenvalue weighted by atomic mass is 16.6. The lowest BCUT2D eigenvalue weighted by molar-refractivity contribution is -0.384. The summed E-state index contributed by atoms with van der Waals surface area (Å²) in [4.78, 5) is 46.8. The predicted molar refractivity (Wildman–Crippen MR) is 82.3 cm³/mol. The summed E-state index contributed by atoms with van der Waals surface area (Å²) >= 11 is 0. The second-order valence-electron chi connectivity index (χ2n) is 4.58. The lowest BCUT2D eigenvalue weighted by Gasteiger charge is -2.20. The third-order valence-corrected chi connectivity index (χ3v) is 2.84. The van der Waals surface area contributed by atoms with Gasteiger partial charge in [0.2, 0.25) is 0 Å². The van der Waals surface area contributed by atoms with Crippen LogP contribution < -0.4 is 0 Å². The minimum Gasteiger partial charge on any atom is -0.465 e. The number of non-ortho nitro benzene ring substituents is 1. The van der Waals surface area contributed by atoms with E-state index in [0.717, 1.165) is 11.0 Å². The molecule has 24 heavy (non-hydrogen) atoms. The number of rotatable bonds is 8. The monoisotopic (exact) mass is 338 g/mol. The van der Waals surface area contributed by atoms with E-state index in [1.54, 1.807) is 13.8 Å². The SMILES string of the molecule is CCOC(=O)CN(CC(=O)OCC)C(=O)c1cccc([N+](=O)[O-])c1. The smallest absolute Gasteiger partial charge is 0.325 e. The van der Waals surface area contributed by atoms with Crippen LogP contribution in [0.3, 0.4) is 0 Å². The van der Waals surface area contributed by atoms with E-state index in [2.05, 4.69) is 0 Å². The van der Waals surface area contributed by atoms with Gasteiger partial charge < -0.3 is 14.4 Å². The first-order chi connectivity index (χ1) is 11.4. The zero-order valence-electron chi connectivity index (χ0n) is 13.4. The highest BCUT2D eigenvalue weighted by molar-refractivity contribution is 5.98. The number of amides is 1. The maximum atomic E-state index is 12.5. The number of esters is 2. The first-order valence-electron chi connectivity index (χ1n) is 7.24. The molecule has 1 aromatic rings. The number of benzene rings is 1. The minimum absolute atomic E-state index is 0.0159. The van der Waals surface area contributed by atoms with Gasteiger partial charge in [0.25, 0.3) is 11.6 Å². The first kappa shape index (κ1) is 19.1. The average Bonchev–Trinajstić information content (AvgIpc) is 2.54. The van der Waals surface area contributed by atoms with Crippen molar-refractivity contribution in [3.63, 3.8) is 0 Å². The summed E-state index contributed by atoms with van der Waals surface area (Å²) in [7, 11) is 0. The molecule has 0 aliphatic heterocycles. The zero-order valence-corrected chi connectivity index (χ0v) is 13.4. The van der Waals surface area contributed by atoms with Crippen LogP contribution in [0.25, 0.3) is 0 Å². The summed E-state index contributed by atoms with van der Waals surface area (Å²) in [6.45, 7) is 2.53. The molecule has 0 unspecified atom stereocenters. The third-order valence-electron chi connectivity index (χ3n) is 2.84. The van der Waals surface area contributed by atoms with Crippen molar-refractivity contribution in [3.8, 4) is 0 Å². The van der Waals surface area contributed by atoms with E-state index in [4.69, 9.17) is 9.47 Å². The van der Waals surface area contributed by atoms with Gasteiger partial charge in [0, 0.05) is 17.7 Å². The van der Waals surface area contributed by atoms with Crippen molar-refractivity contribution in [2.45, 2.75) is 13.8 Å². The highest BCUT2D eigenvalue weighted by Gasteiger charge is 2.24. The topological polar surface area (TPSA) is 116 Å². The number of ether oxygens (including phenoxy) is 2. The van der Waals surface area contributed by atoms with Gasteiger partial charge in [0.05, 0.1) is 18.1 Å². The van der Waals surface area contributed by atoms with Crippen molar-refractivity contribution in [1.29, 1.82) is 0 Å². The number of nitro benzene ring substituents is 1. The maximum Gasteiger partial charge on any atom is 0.325 e. The largest absolute Gasteiger partial charge is 0.465 e. The molecule has 0 bridgehead atoms. The highest BCUT2D eigenvalue weighted by Crippen LogP contribution is 2.15. The van der Waals surface area contributed by atoms with E-state index in [1.165, 1.54) is 18.2 Å². The molecule has 0 aromatic heterocycles. The molecular weight excluding hydrogens is 320 g/mol. The minimum atomic E-state index is -0.709. The average molecular weight is 338 g/mol. The van der Waals surface area contributed by atoms with Gasteiger partial charge in [-0.25, -0.2) is 0 Å². The molecule has 0 aliphatic carbocycles. The van der Waals surface area contributed by atoms with E-state index < -0.39 is 35.9 Å². The van der Waals surface area contributed by atoms with Crippen LogP contribution >= 0.6 is 0 Å². The van der Waals surface area contributed by atoms with E-state index >= 15 is 0 Å². The third kappa shape index (κ3) is 5.67. The summed E-state index contributed by atoms with van der Waals surface area (Å²) in [5.41, 5.74) is -0.286. The summed E-state index contributed by atoms with van der Waals surface area (Å²) < 4.78 is 9.54. The Morgan fingerprint density at radius 1 is 1.08 bits per heavy atom. The molecule has 9 nitrogen and oxygen atoms in total. The molecule has 1 amide bonds. The zero-order chi connectivity index (χ0) is 18.1. The number of carbonyl (C=O) groups is 3. The Morgan fingerprint density at radius 3 is 2.08 bits per heavy atom. The quantitative estimate of drug-likeness (QED) is 0.397. The number of nitro groups is 1. The van der Waals surface area contributed by atoms with Crippen LogP contribution in [0.2, 0.25) is 0 Å². The number of nitrogens with zero attached hydrogens (tertiary/aromatic N) is 2. The van der Waals surface area contributed by atoms with E-state index in [-0.39, 0.29) is 24.5 Å². The van der Waals surface area contributed by atoms with E-state index in [1.807, 2.05) is 0 Å². The van der Waals surface area contributed by atoms with Crippen LogP contribution in [0.5, 0.6) is 0 Å². The van der Waals surface area contributed by atoms with Gasteiger partial charge in [-0.05, 0) is 19.9 Å². The molecular formula is C15H18N2O7. The Bertz CT molecular complexity index is 610. The Hall–Kier alpha value is -2.97. The fourth-order valence-electron chi connectivity index (χ4n) is 1.86. The van der Waals surface area contributed by atoms with Crippen LogP contribution in [0, 0.1) is 10.1 Å². The number of carbonyl (C=O) groups excluding carboxylic acids is 3. The number of hydrogen-bond donors (Lipinski definition) is 0. The van der Waals surface area contributed by atoms with E-state index in [9.17, 15) is 24.5 Å². The normalized spacial score (nSPS) is 9.92. The Balaban J connectivity index is 3.00. The number of hydrogen-bond acceptors (Lipinski definition) is 7. The molecule has 0 radical (unpaired) electrons. The van der Waals surface area contributed by atoms with Crippen molar-refractivity contribution < 1.29 is 28.8 Å². The van der Waals surface area contributed by atoms with Crippen LogP contribution in [0.15, 0.2) is 24.3 Å². The summed E-state index contributed by atoms with van der Waals surface area (Å²) in [6.07, 6.45) is 0. The van der Waals surface area contributed by atoms with Gasteiger partial charge in [-0.15, -0.1) is 0 Å². The molecule has 0 saturated carbocycles. The lowest BCUT2D eigenvalue weighted by atomic mass is 10.1. The van der Waals surface area contributed by atoms with Crippen LogP contribution in [-0.2, 0) is 19.1 Å². The maximum absolute atomic E-state index is 12.5. The van der Waals surface area contributed by atoms with Crippen molar-refractivity contribution in [1.82, 2.24) is 4.90 Å². The fourth-order valence-corrected chi connectivity index (χ4v) is 1.86. The van der Waals surface area contributed by atoms with Gasteiger partial charge >= 0.3 is 11.9 Å². The first-order valence-corrected chi connectivity index (χ1v) is 7.24. The van der Waals surface area contributed by atoms with Crippen molar-refractivity contribution >= 4 is 23.5 Å². The molecule has 0 heterocycles. The van der Waals surface area contributed by atoms with Gasteiger partial charge in [0.15, 0.2) is 0 Å². The fraction of sp³-hybridized carbons (Fsp3) is 0.400. The standard InChI is InChI=1S/C15H18N2O7/c1-3-23-13(18)9-16(10-14(19)24-4-2)15(20)11-6-5-7-12(8-11)17(21)22/h5-8H,3-4,9-10H2,1-2H3. The summed E-state index contributed by atoms with van der Waals surface area (Å²) in [6, 6.07) is 5.01. The second kappa shape index (κ2) is 9.23. The van der Waals surface area contributed by atoms with Gasteiger partial charge in [-0.3, -0.25) is 24.5 Å². The molecule has 0 saturated heterocycles. The van der Waals surface area contributed by atoms with Crippen LogP contribution in [0.1, 0.15) is 24.2 Å². The Kier molecular flexibility index (Phi) is 7.34. The molecule has 1 aromatic carbocycles. The summed E-state index contributed by atoms with van der Waals surface area (Å²) in [5, 5.41) is 10.8. The molecule has 0 fully saturated rings. The van der Waals surface area contributed by atoms with E-state index in [0.29, 0.717) is 0 Å². The van der Waals surface area contributed by atoms with Crippen molar-refractivity contribution in [2.75, 3.05) is 26.3 Å². The van der Waals surface area contributed by atoms with Crippen molar-refractivity contribution in [2.24, 2.45) is 0 Å². The van der Waals surface area contributed by atoms with Gasteiger partial charge in [0.1, 0.15) is 13.1 Å². The predicted octanol–water partition coefficient (Wildman–Crippen LogP) is 1.16. The molecule has 1 rings (SSSR count). The molecule has 130 valence electrons. The lowest BCUT2D eigenvalue weighted by Crippen LogP contribution is -2.40. The molecule has 0 aliphatic rings. The molecule has 9 heteroatoms. The Labute approximate surface area is 138 Å². The molecule has 0 atom stereocenters. The van der Waals surface area contributed by atoms with Crippen molar-refractivity contribution in [3.05, 3.63) is 39.9 Å². The molecule has 0 N–H and O–H groups in total. The van der Waals surface area contributed by atoms with Gasteiger partial charge in [-0.2, -0.15) is 0 Å². The second-order valence-corrected chi connectivity index (χ2v) is 4.58. The van der Waals surface area contributed by atoms with Gasteiger partial charge in [-0.1, -0.05) is 6.07 Å².